The molecule has 3 nitrogen and oxygen atoms in total. The van der Waals surface area contributed by atoms with E-state index in [-0.39, 0.29) is 19.4 Å². The van der Waals surface area contributed by atoms with Crippen molar-refractivity contribution in [3.05, 3.63) is 56.5 Å². The minimum Gasteiger partial charge on any atom is -0.274 e. The molecule has 0 radical (unpaired) electrons. The number of benzene rings is 2. The van der Waals surface area contributed by atoms with E-state index in [4.69, 9.17) is 23.2 Å². The second kappa shape index (κ2) is 6.08. The smallest absolute Gasteiger partial charge is 0.263 e. The van der Waals surface area contributed by atoms with Crippen LogP contribution in [0.5, 0.6) is 0 Å². The van der Waals surface area contributed by atoms with Crippen LogP contribution in [0.15, 0.2) is 39.7 Å². The summed E-state index contributed by atoms with van der Waals surface area (Å²) in [6.45, 7) is 0. The lowest BCUT2D eigenvalue weighted by molar-refractivity contribution is 0.582. The van der Waals surface area contributed by atoms with Gasteiger partial charge in [-0.25, -0.2) is 17.2 Å². The van der Waals surface area contributed by atoms with Crippen LogP contribution in [-0.4, -0.2) is 8.42 Å². The maximum absolute atomic E-state index is 13.7. The monoisotopic (exact) mass is 415 g/mol. The average molecular weight is 417 g/mol. The van der Waals surface area contributed by atoms with Crippen molar-refractivity contribution >= 4 is 54.8 Å². The van der Waals surface area contributed by atoms with Crippen molar-refractivity contribution in [2.75, 3.05) is 4.72 Å². The molecular formula is C12H6BrCl2F2NO2S. The highest BCUT2D eigenvalue weighted by molar-refractivity contribution is 9.10. The fourth-order valence-corrected chi connectivity index (χ4v) is 3.75. The molecule has 0 aromatic heterocycles. The summed E-state index contributed by atoms with van der Waals surface area (Å²) < 4.78 is 53.7. The van der Waals surface area contributed by atoms with Crippen molar-refractivity contribution in [3.8, 4) is 0 Å². The molecule has 0 amide bonds. The van der Waals surface area contributed by atoms with Gasteiger partial charge >= 0.3 is 0 Å². The average Bonchev–Trinajstić information content (AvgIpc) is 2.36. The Bertz CT molecular complexity index is 792. The molecule has 0 spiro atoms. The summed E-state index contributed by atoms with van der Waals surface area (Å²) in [6, 6.07) is 5.61. The Balaban J connectivity index is 2.50. The third-order valence-electron chi connectivity index (χ3n) is 2.43. The highest BCUT2D eigenvalue weighted by Gasteiger charge is 2.22. The summed E-state index contributed by atoms with van der Waals surface area (Å²) in [6.07, 6.45) is 0. The van der Waals surface area contributed by atoms with Crippen molar-refractivity contribution in [2.45, 2.75) is 4.90 Å². The number of hydrogen-bond donors (Lipinski definition) is 1. The van der Waals surface area contributed by atoms with E-state index in [1.165, 1.54) is 12.1 Å². The number of nitrogens with one attached hydrogen (secondary N) is 1. The highest BCUT2D eigenvalue weighted by Crippen LogP contribution is 2.29. The van der Waals surface area contributed by atoms with Crippen molar-refractivity contribution in [1.82, 2.24) is 0 Å². The third-order valence-corrected chi connectivity index (χ3v) is 4.95. The van der Waals surface area contributed by atoms with E-state index in [2.05, 4.69) is 15.9 Å². The first kappa shape index (κ1) is 16.5. The molecule has 0 saturated carbocycles. The maximum atomic E-state index is 13.7. The van der Waals surface area contributed by atoms with Gasteiger partial charge in [0.2, 0.25) is 0 Å². The van der Waals surface area contributed by atoms with Crippen molar-refractivity contribution in [1.29, 1.82) is 0 Å². The number of anilines is 1. The molecule has 0 unspecified atom stereocenters. The zero-order chi connectivity index (χ0) is 15.8. The maximum Gasteiger partial charge on any atom is 0.263 e. The Labute approximate surface area is 138 Å². The van der Waals surface area contributed by atoms with Gasteiger partial charge in [-0.3, -0.25) is 4.72 Å². The van der Waals surface area contributed by atoms with Gasteiger partial charge in [0.15, 0.2) is 11.6 Å². The van der Waals surface area contributed by atoms with Crippen molar-refractivity contribution in [3.63, 3.8) is 0 Å². The van der Waals surface area contributed by atoms with Crippen LogP contribution in [0.3, 0.4) is 0 Å². The van der Waals surface area contributed by atoms with Gasteiger partial charge in [-0.05, 0) is 30.3 Å². The van der Waals surface area contributed by atoms with Crippen LogP contribution in [0, 0.1) is 11.6 Å². The summed E-state index contributed by atoms with van der Waals surface area (Å²) in [5.74, 6) is -2.13. The second-order valence-electron chi connectivity index (χ2n) is 3.92. The van der Waals surface area contributed by atoms with Crippen LogP contribution in [0.2, 0.25) is 10.0 Å². The minimum atomic E-state index is -4.29. The molecule has 0 bridgehead atoms. The van der Waals surface area contributed by atoms with Crippen LogP contribution in [-0.2, 0) is 10.0 Å². The Morgan fingerprint density at radius 2 is 1.62 bits per heavy atom. The fourth-order valence-electron chi connectivity index (χ4n) is 1.51. The normalized spacial score (nSPS) is 11.5. The molecule has 9 heteroatoms. The first-order valence-corrected chi connectivity index (χ1v) is 8.36. The largest absolute Gasteiger partial charge is 0.274 e. The van der Waals surface area contributed by atoms with E-state index >= 15 is 0 Å². The van der Waals surface area contributed by atoms with Gasteiger partial charge in [-0.15, -0.1) is 0 Å². The van der Waals surface area contributed by atoms with Gasteiger partial charge in [0.1, 0.15) is 10.6 Å². The molecule has 2 aromatic rings. The lowest BCUT2D eigenvalue weighted by atomic mass is 10.3. The molecular weight excluding hydrogens is 411 g/mol. The molecule has 112 valence electrons. The Morgan fingerprint density at radius 3 is 2.19 bits per heavy atom. The third kappa shape index (κ3) is 3.66. The summed E-state index contributed by atoms with van der Waals surface area (Å²) in [4.78, 5) is -0.376. The molecule has 0 fully saturated rings. The summed E-state index contributed by atoms with van der Waals surface area (Å²) in [7, 11) is -4.29. The molecule has 2 rings (SSSR count). The van der Waals surface area contributed by atoms with E-state index in [9.17, 15) is 17.2 Å². The van der Waals surface area contributed by atoms with E-state index in [1.54, 1.807) is 0 Å². The molecule has 0 saturated heterocycles. The summed E-state index contributed by atoms with van der Waals surface area (Å²) in [5, 5.41) is 0.00125. The molecule has 1 N–H and O–H groups in total. The van der Waals surface area contributed by atoms with E-state index in [1.807, 2.05) is 4.72 Å². The molecule has 21 heavy (non-hydrogen) atoms. The quantitative estimate of drug-likeness (QED) is 0.778. The number of rotatable bonds is 3. The molecule has 0 heterocycles. The second-order valence-corrected chi connectivity index (χ2v) is 7.33. The van der Waals surface area contributed by atoms with Crippen LogP contribution in [0.25, 0.3) is 0 Å². The molecule has 0 aliphatic heterocycles. The van der Waals surface area contributed by atoms with Gasteiger partial charge in [0.05, 0.1) is 5.02 Å². The number of sulfonamides is 1. The molecule has 2 aromatic carbocycles. The first-order chi connectivity index (χ1) is 9.70. The molecule has 0 atom stereocenters. The van der Waals surface area contributed by atoms with E-state index in [0.29, 0.717) is 0 Å². The first-order valence-electron chi connectivity index (χ1n) is 5.33. The van der Waals surface area contributed by atoms with Crippen LogP contribution >= 0.6 is 39.1 Å². The Morgan fingerprint density at radius 1 is 1.05 bits per heavy atom. The Hall–Kier alpha value is -0.890. The molecule has 0 aliphatic rings. The standard InChI is InChI=1S/C12H6BrCl2F2NO2S/c13-6-3-9(16)12(10(17)4-6)18-21(19,20)11-5-7(14)1-2-8(11)15/h1-5,18H. The van der Waals surface area contributed by atoms with Gasteiger partial charge in [-0.1, -0.05) is 39.1 Å². The van der Waals surface area contributed by atoms with Gasteiger partial charge in [0, 0.05) is 9.50 Å². The summed E-state index contributed by atoms with van der Waals surface area (Å²) >= 11 is 14.4. The summed E-state index contributed by atoms with van der Waals surface area (Å²) in [5.41, 5.74) is -0.797. The topological polar surface area (TPSA) is 46.2 Å². The zero-order valence-corrected chi connectivity index (χ0v) is 13.9. The van der Waals surface area contributed by atoms with Crippen molar-refractivity contribution in [2.24, 2.45) is 0 Å². The highest BCUT2D eigenvalue weighted by atomic mass is 79.9. The van der Waals surface area contributed by atoms with Crippen molar-refractivity contribution < 1.29 is 17.2 Å². The van der Waals surface area contributed by atoms with Crippen LogP contribution < -0.4 is 4.72 Å². The van der Waals surface area contributed by atoms with E-state index < -0.39 is 27.3 Å². The SMILES string of the molecule is O=S(=O)(Nc1c(F)cc(Br)cc1F)c1cc(Cl)ccc1Cl. The lowest BCUT2D eigenvalue weighted by Crippen LogP contribution is -2.15. The molecule has 0 aliphatic carbocycles. The predicted molar refractivity (Wildman–Crippen MR) is 81.3 cm³/mol. The number of halogens is 5. The minimum absolute atomic E-state index is 0.121. The number of hydrogen-bond acceptors (Lipinski definition) is 2. The van der Waals surface area contributed by atoms with Gasteiger partial charge in [0.25, 0.3) is 10.0 Å². The van der Waals surface area contributed by atoms with Crippen LogP contribution in [0.1, 0.15) is 0 Å². The van der Waals surface area contributed by atoms with Crippen LogP contribution in [0.4, 0.5) is 14.5 Å². The fraction of sp³-hybridized carbons (Fsp3) is 0. The predicted octanol–water partition coefficient (Wildman–Crippen LogP) is 4.83. The zero-order valence-electron chi connectivity index (χ0n) is 10.0. The van der Waals surface area contributed by atoms with Gasteiger partial charge < -0.3 is 0 Å². The Kier molecular flexibility index (Phi) is 4.77. The van der Waals surface area contributed by atoms with Gasteiger partial charge in [-0.2, -0.15) is 0 Å². The van der Waals surface area contributed by atoms with E-state index in [0.717, 1.165) is 18.2 Å². The lowest BCUT2D eigenvalue weighted by Gasteiger charge is -2.11.